The molecule has 1 aliphatic heterocycles. The number of benzene rings is 2. The van der Waals surface area contributed by atoms with Gasteiger partial charge in [-0.1, -0.05) is 12.1 Å². The molecule has 2 aromatic rings. The van der Waals surface area contributed by atoms with Gasteiger partial charge in [-0.3, -0.25) is 9.59 Å². The Kier molecular flexibility index (Phi) is 6.65. The zero-order valence-corrected chi connectivity index (χ0v) is 18.3. The van der Waals surface area contributed by atoms with Crippen molar-refractivity contribution in [2.24, 2.45) is 0 Å². The van der Waals surface area contributed by atoms with Crippen LogP contribution < -0.4 is 9.64 Å². The van der Waals surface area contributed by atoms with Crippen LogP contribution in [0.5, 0.6) is 11.5 Å². The van der Waals surface area contributed by atoms with Gasteiger partial charge in [0.05, 0.1) is 44.9 Å². The van der Waals surface area contributed by atoms with E-state index >= 15 is 0 Å². The SMILES string of the molecule is CC(C)Oc1ccc(C(O)=C2C(=O)C(=O)N(CC[NH+](C)C)[C@H]2c2ccc(O)cc2)cc1. The zero-order valence-electron chi connectivity index (χ0n) is 18.3. The zero-order chi connectivity index (χ0) is 22.7. The number of hydrogen-bond donors (Lipinski definition) is 3. The summed E-state index contributed by atoms with van der Waals surface area (Å²) >= 11 is 0. The van der Waals surface area contributed by atoms with Crippen molar-refractivity contribution in [1.82, 2.24) is 4.90 Å². The molecule has 1 atom stereocenters. The van der Waals surface area contributed by atoms with E-state index in [4.69, 9.17) is 4.74 Å². The Bertz CT molecular complexity index is 978. The van der Waals surface area contributed by atoms with Crippen LogP contribution in [0.2, 0.25) is 0 Å². The number of amides is 1. The summed E-state index contributed by atoms with van der Waals surface area (Å²) < 4.78 is 5.63. The van der Waals surface area contributed by atoms with Gasteiger partial charge in [0.1, 0.15) is 17.3 Å². The highest BCUT2D eigenvalue weighted by Crippen LogP contribution is 2.39. The number of carbonyl (C=O) groups excluding carboxylic acids is 2. The van der Waals surface area contributed by atoms with Gasteiger partial charge in [0.15, 0.2) is 0 Å². The number of aliphatic hydroxyl groups is 1. The highest BCUT2D eigenvalue weighted by Gasteiger charge is 2.46. The molecule has 3 rings (SSSR count). The predicted molar refractivity (Wildman–Crippen MR) is 117 cm³/mol. The minimum atomic E-state index is -0.730. The first kappa shape index (κ1) is 22.4. The number of quaternary nitrogens is 1. The van der Waals surface area contributed by atoms with Crippen LogP contribution in [0.4, 0.5) is 0 Å². The maximum atomic E-state index is 12.9. The van der Waals surface area contributed by atoms with Crippen LogP contribution in [-0.4, -0.2) is 60.1 Å². The van der Waals surface area contributed by atoms with Crippen molar-refractivity contribution in [3.05, 3.63) is 65.2 Å². The van der Waals surface area contributed by atoms with E-state index in [0.29, 0.717) is 30.0 Å². The molecular weight excluding hydrogens is 396 g/mol. The Balaban J connectivity index is 2.06. The lowest BCUT2D eigenvalue weighted by atomic mass is 9.95. The van der Waals surface area contributed by atoms with Gasteiger partial charge < -0.3 is 24.7 Å². The van der Waals surface area contributed by atoms with E-state index in [1.54, 1.807) is 36.4 Å². The monoisotopic (exact) mass is 425 g/mol. The predicted octanol–water partition coefficient (Wildman–Crippen LogP) is 1.75. The molecule has 0 bridgehead atoms. The summed E-state index contributed by atoms with van der Waals surface area (Å²) in [6, 6.07) is 12.4. The molecule has 2 aromatic carbocycles. The fourth-order valence-corrected chi connectivity index (χ4v) is 3.58. The van der Waals surface area contributed by atoms with E-state index < -0.39 is 17.7 Å². The van der Waals surface area contributed by atoms with Gasteiger partial charge in [-0.05, 0) is 55.8 Å². The summed E-state index contributed by atoms with van der Waals surface area (Å²) in [6.07, 6.45) is 0.0121. The molecule has 0 aliphatic carbocycles. The highest BCUT2D eigenvalue weighted by molar-refractivity contribution is 6.46. The molecule has 1 amide bonds. The van der Waals surface area contributed by atoms with Crippen molar-refractivity contribution in [3.63, 3.8) is 0 Å². The third-order valence-electron chi connectivity index (χ3n) is 5.10. The fourth-order valence-electron chi connectivity index (χ4n) is 3.58. The number of likely N-dealkylation sites (N-methyl/N-ethyl adjacent to an activating group) is 1. The summed E-state index contributed by atoms with van der Waals surface area (Å²) in [7, 11) is 3.93. The molecule has 0 unspecified atom stereocenters. The Hall–Kier alpha value is -3.32. The molecule has 7 nitrogen and oxygen atoms in total. The van der Waals surface area contributed by atoms with Crippen LogP contribution in [-0.2, 0) is 9.59 Å². The van der Waals surface area contributed by atoms with Crippen LogP contribution in [0.25, 0.3) is 5.76 Å². The second kappa shape index (κ2) is 9.22. The van der Waals surface area contributed by atoms with Crippen molar-refractivity contribution in [1.29, 1.82) is 0 Å². The average molecular weight is 426 g/mol. The van der Waals surface area contributed by atoms with Crippen LogP contribution in [0.1, 0.15) is 31.0 Å². The third-order valence-corrected chi connectivity index (χ3v) is 5.10. The van der Waals surface area contributed by atoms with Gasteiger partial charge in [0.25, 0.3) is 11.7 Å². The van der Waals surface area contributed by atoms with E-state index in [2.05, 4.69) is 0 Å². The highest BCUT2D eigenvalue weighted by atomic mass is 16.5. The van der Waals surface area contributed by atoms with Crippen molar-refractivity contribution in [2.75, 3.05) is 27.2 Å². The largest absolute Gasteiger partial charge is 0.508 e. The van der Waals surface area contributed by atoms with Crippen molar-refractivity contribution >= 4 is 17.4 Å². The number of likely N-dealkylation sites (tertiary alicyclic amines) is 1. The lowest BCUT2D eigenvalue weighted by molar-refractivity contribution is -0.857. The minimum absolute atomic E-state index is 0.0121. The number of hydrogen-bond acceptors (Lipinski definition) is 5. The molecule has 1 aliphatic rings. The number of carbonyl (C=O) groups is 2. The van der Waals surface area contributed by atoms with Gasteiger partial charge >= 0.3 is 0 Å². The normalized spacial score (nSPS) is 18.3. The molecular formula is C24H29N2O5+. The van der Waals surface area contributed by atoms with Gasteiger partial charge in [-0.15, -0.1) is 0 Å². The van der Waals surface area contributed by atoms with E-state index in [-0.39, 0.29) is 23.2 Å². The Morgan fingerprint density at radius 3 is 2.23 bits per heavy atom. The first-order chi connectivity index (χ1) is 14.7. The van der Waals surface area contributed by atoms with Crippen LogP contribution in [0, 0.1) is 0 Å². The molecule has 1 saturated heterocycles. The van der Waals surface area contributed by atoms with Crippen molar-refractivity contribution in [2.45, 2.75) is 26.0 Å². The molecule has 3 N–H and O–H groups in total. The standard InChI is InChI=1S/C24H28N2O5/c1-15(2)31-19-11-7-17(8-12-19)22(28)20-21(16-5-9-18(27)10-6-16)26(14-13-25(3)4)24(30)23(20)29/h5-12,15,21,27-28H,13-14H2,1-4H3/p+1/t21-/m0/s1. The lowest BCUT2D eigenvalue weighted by Gasteiger charge is -2.25. The smallest absolute Gasteiger partial charge is 0.295 e. The Labute approximate surface area is 182 Å². The second-order valence-corrected chi connectivity index (χ2v) is 8.23. The first-order valence-corrected chi connectivity index (χ1v) is 10.3. The minimum Gasteiger partial charge on any atom is -0.508 e. The second-order valence-electron chi connectivity index (χ2n) is 8.23. The maximum absolute atomic E-state index is 12.9. The maximum Gasteiger partial charge on any atom is 0.295 e. The molecule has 0 aromatic heterocycles. The van der Waals surface area contributed by atoms with Gasteiger partial charge in [-0.2, -0.15) is 0 Å². The van der Waals surface area contributed by atoms with Crippen molar-refractivity contribution < 1.29 is 29.4 Å². The number of phenols is 1. The van der Waals surface area contributed by atoms with E-state index in [9.17, 15) is 19.8 Å². The van der Waals surface area contributed by atoms with Gasteiger partial charge in [-0.25, -0.2) is 0 Å². The number of ketones is 1. The number of Topliss-reactive ketones (excluding diaryl/α,β-unsaturated/α-hetero) is 1. The quantitative estimate of drug-likeness (QED) is 0.357. The van der Waals surface area contributed by atoms with Crippen molar-refractivity contribution in [3.8, 4) is 11.5 Å². The summed E-state index contributed by atoms with van der Waals surface area (Å²) in [5.41, 5.74) is 1.12. The number of ether oxygens (including phenoxy) is 1. The van der Waals surface area contributed by atoms with Crippen LogP contribution in [0.3, 0.4) is 0 Å². The molecule has 31 heavy (non-hydrogen) atoms. The Morgan fingerprint density at radius 1 is 1.06 bits per heavy atom. The fraction of sp³-hybridized carbons (Fsp3) is 0.333. The van der Waals surface area contributed by atoms with E-state index in [0.717, 1.165) is 4.90 Å². The number of phenolic OH excluding ortho intramolecular Hbond substituents is 1. The topological polar surface area (TPSA) is 91.5 Å². The summed E-state index contributed by atoms with van der Waals surface area (Å²) in [4.78, 5) is 28.4. The summed E-state index contributed by atoms with van der Waals surface area (Å²) in [5.74, 6) is -0.852. The number of nitrogens with one attached hydrogen (secondary N) is 1. The van der Waals surface area contributed by atoms with Gasteiger partial charge in [0, 0.05) is 5.56 Å². The molecule has 0 radical (unpaired) electrons. The summed E-state index contributed by atoms with van der Waals surface area (Å²) in [5, 5.41) is 20.7. The molecule has 0 saturated carbocycles. The number of rotatable bonds is 7. The molecule has 1 heterocycles. The number of nitrogens with zero attached hydrogens (tertiary/aromatic N) is 1. The molecule has 1 fully saturated rings. The molecule has 0 spiro atoms. The van der Waals surface area contributed by atoms with Gasteiger partial charge in [0.2, 0.25) is 0 Å². The van der Waals surface area contributed by atoms with Crippen LogP contribution >= 0.6 is 0 Å². The van der Waals surface area contributed by atoms with E-state index in [1.165, 1.54) is 17.0 Å². The number of aliphatic hydroxyl groups excluding tert-OH is 1. The Morgan fingerprint density at radius 2 is 1.68 bits per heavy atom. The average Bonchev–Trinajstić information content (AvgIpc) is 2.97. The summed E-state index contributed by atoms with van der Waals surface area (Å²) in [6.45, 7) is 4.84. The first-order valence-electron chi connectivity index (χ1n) is 10.3. The van der Waals surface area contributed by atoms with E-state index in [1.807, 2.05) is 27.9 Å². The third kappa shape index (κ3) is 4.88. The molecule has 7 heteroatoms. The number of aromatic hydroxyl groups is 1. The lowest BCUT2D eigenvalue weighted by Crippen LogP contribution is -3.06. The van der Waals surface area contributed by atoms with Crippen LogP contribution in [0.15, 0.2) is 54.1 Å². The molecule has 164 valence electrons.